The quantitative estimate of drug-likeness (QED) is 0.922. The molecule has 1 saturated heterocycles. The van der Waals surface area contributed by atoms with Crippen molar-refractivity contribution in [1.29, 1.82) is 0 Å². The minimum absolute atomic E-state index is 0.108. The lowest BCUT2D eigenvalue weighted by Crippen LogP contribution is -2.32. The molecule has 1 aliphatic rings. The molecule has 0 aromatic carbocycles. The number of likely N-dealkylation sites (N-methyl/N-ethyl adjacent to an activating group) is 1. The van der Waals surface area contributed by atoms with Crippen LogP contribution in [0.3, 0.4) is 0 Å². The van der Waals surface area contributed by atoms with Crippen LogP contribution in [0.5, 0.6) is 0 Å². The van der Waals surface area contributed by atoms with Gasteiger partial charge in [0.15, 0.2) is 0 Å². The summed E-state index contributed by atoms with van der Waals surface area (Å²) in [4.78, 5) is 7.99. The fourth-order valence-corrected chi connectivity index (χ4v) is 2.31. The van der Waals surface area contributed by atoms with Gasteiger partial charge in [0.2, 0.25) is 0 Å². The van der Waals surface area contributed by atoms with Crippen LogP contribution in [-0.4, -0.2) is 43.1 Å². The highest BCUT2D eigenvalue weighted by molar-refractivity contribution is 5.48. The first-order valence-electron chi connectivity index (χ1n) is 6.64. The summed E-state index contributed by atoms with van der Waals surface area (Å²) in [6, 6.07) is 1.90. The van der Waals surface area contributed by atoms with E-state index in [0.29, 0.717) is 6.54 Å². The largest absolute Gasteiger partial charge is 0.416 e. The van der Waals surface area contributed by atoms with Crippen LogP contribution < -0.4 is 10.6 Å². The van der Waals surface area contributed by atoms with E-state index in [1.807, 2.05) is 0 Å². The van der Waals surface area contributed by atoms with Crippen molar-refractivity contribution in [3.63, 3.8) is 0 Å². The first kappa shape index (κ1) is 14.9. The molecular weight excluding hydrogens is 269 g/mol. The van der Waals surface area contributed by atoms with Crippen molar-refractivity contribution in [2.24, 2.45) is 0 Å². The summed E-state index contributed by atoms with van der Waals surface area (Å²) in [7, 11) is 1.73. The molecule has 0 bridgehead atoms. The highest BCUT2D eigenvalue weighted by atomic mass is 19.4. The fourth-order valence-electron chi connectivity index (χ4n) is 2.31. The zero-order chi connectivity index (χ0) is 14.8. The number of alkyl halides is 3. The third-order valence-electron chi connectivity index (χ3n) is 3.50. The fraction of sp³-hybridized carbons (Fsp3) is 0.615. The molecule has 0 unspecified atom stereocenters. The molecule has 7 heteroatoms. The second-order valence-corrected chi connectivity index (χ2v) is 5.11. The van der Waals surface area contributed by atoms with Gasteiger partial charge in [-0.3, -0.25) is 0 Å². The van der Waals surface area contributed by atoms with Gasteiger partial charge in [-0.05, 0) is 38.1 Å². The van der Waals surface area contributed by atoms with Gasteiger partial charge in [0.05, 0.1) is 5.56 Å². The SMILES string of the molecule is CN(CCN1CCCC1)c1cc(C(F)(F)F)cc(N)n1. The van der Waals surface area contributed by atoms with Crippen LogP contribution in [-0.2, 0) is 6.18 Å². The van der Waals surface area contributed by atoms with Crippen molar-refractivity contribution in [3.8, 4) is 0 Å². The van der Waals surface area contributed by atoms with E-state index in [0.717, 1.165) is 31.8 Å². The van der Waals surface area contributed by atoms with Crippen molar-refractivity contribution >= 4 is 11.6 Å². The van der Waals surface area contributed by atoms with Gasteiger partial charge in [-0.2, -0.15) is 13.2 Å². The summed E-state index contributed by atoms with van der Waals surface area (Å²) in [5, 5.41) is 0. The molecule has 2 heterocycles. The Morgan fingerprint density at radius 2 is 1.95 bits per heavy atom. The number of rotatable bonds is 4. The molecule has 0 amide bonds. The lowest BCUT2D eigenvalue weighted by Gasteiger charge is -2.23. The molecule has 0 atom stereocenters. The number of nitrogens with zero attached hydrogens (tertiary/aromatic N) is 3. The van der Waals surface area contributed by atoms with Crippen molar-refractivity contribution in [3.05, 3.63) is 17.7 Å². The molecule has 4 nitrogen and oxygen atoms in total. The highest BCUT2D eigenvalue weighted by Gasteiger charge is 2.31. The first-order chi connectivity index (χ1) is 9.36. The monoisotopic (exact) mass is 288 g/mol. The average Bonchev–Trinajstić information content (AvgIpc) is 2.87. The molecule has 20 heavy (non-hydrogen) atoms. The maximum absolute atomic E-state index is 12.7. The van der Waals surface area contributed by atoms with Gasteiger partial charge in [0, 0.05) is 20.1 Å². The van der Waals surface area contributed by atoms with Gasteiger partial charge in [-0.1, -0.05) is 0 Å². The Labute approximate surface area is 116 Å². The van der Waals surface area contributed by atoms with Crippen LogP contribution in [0.1, 0.15) is 18.4 Å². The Balaban J connectivity index is 2.04. The third-order valence-corrected chi connectivity index (χ3v) is 3.50. The molecule has 112 valence electrons. The second-order valence-electron chi connectivity index (χ2n) is 5.11. The van der Waals surface area contributed by atoms with E-state index in [9.17, 15) is 13.2 Å². The Morgan fingerprint density at radius 1 is 1.30 bits per heavy atom. The Bertz CT molecular complexity index is 455. The molecule has 1 aliphatic heterocycles. The van der Waals surface area contributed by atoms with Crippen molar-refractivity contribution < 1.29 is 13.2 Å². The maximum Gasteiger partial charge on any atom is 0.416 e. The molecular formula is C13H19F3N4. The Morgan fingerprint density at radius 3 is 2.55 bits per heavy atom. The predicted octanol–water partition coefficient (Wildman–Crippen LogP) is 2.21. The van der Waals surface area contributed by atoms with Gasteiger partial charge in [0.25, 0.3) is 0 Å². The van der Waals surface area contributed by atoms with Crippen LogP contribution in [0, 0.1) is 0 Å². The van der Waals surface area contributed by atoms with E-state index in [2.05, 4.69) is 9.88 Å². The molecule has 0 aliphatic carbocycles. The zero-order valence-electron chi connectivity index (χ0n) is 11.5. The summed E-state index contributed by atoms with van der Waals surface area (Å²) in [6.07, 6.45) is -2.02. The minimum Gasteiger partial charge on any atom is -0.384 e. The van der Waals surface area contributed by atoms with Crippen LogP contribution in [0.2, 0.25) is 0 Å². The molecule has 0 saturated carbocycles. The third kappa shape index (κ3) is 3.75. The van der Waals surface area contributed by atoms with Gasteiger partial charge in [-0.25, -0.2) is 4.98 Å². The highest BCUT2D eigenvalue weighted by Crippen LogP contribution is 2.32. The minimum atomic E-state index is -4.40. The summed E-state index contributed by atoms with van der Waals surface area (Å²) in [5.74, 6) is 0.152. The number of halogens is 3. The first-order valence-corrected chi connectivity index (χ1v) is 6.64. The van der Waals surface area contributed by atoms with E-state index >= 15 is 0 Å². The Hall–Kier alpha value is -1.50. The number of likely N-dealkylation sites (tertiary alicyclic amines) is 1. The second kappa shape index (κ2) is 5.87. The lowest BCUT2D eigenvalue weighted by molar-refractivity contribution is -0.137. The topological polar surface area (TPSA) is 45.4 Å². The van der Waals surface area contributed by atoms with Crippen LogP contribution in [0.25, 0.3) is 0 Å². The molecule has 0 spiro atoms. The van der Waals surface area contributed by atoms with E-state index in [4.69, 9.17) is 5.73 Å². The Kier molecular flexibility index (Phi) is 4.37. The standard InChI is InChI=1S/C13H19F3N4/c1-19(6-7-20-4-2-3-5-20)12-9-10(13(14,15)16)8-11(17)18-12/h8-9H,2-7H2,1H3,(H2,17,18). The number of aromatic nitrogens is 1. The van der Waals surface area contributed by atoms with Crippen molar-refractivity contribution in [2.75, 3.05) is 43.9 Å². The van der Waals surface area contributed by atoms with E-state index in [1.165, 1.54) is 12.8 Å². The number of pyridine rings is 1. The number of hydrogen-bond donors (Lipinski definition) is 1. The van der Waals surface area contributed by atoms with E-state index < -0.39 is 11.7 Å². The van der Waals surface area contributed by atoms with Crippen molar-refractivity contribution in [2.45, 2.75) is 19.0 Å². The van der Waals surface area contributed by atoms with E-state index in [-0.39, 0.29) is 11.6 Å². The molecule has 1 aromatic rings. The number of hydrogen-bond acceptors (Lipinski definition) is 4. The van der Waals surface area contributed by atoms with Gasteiger partial charge < -0.3 is 15.5 Å². The molecule has 0 radical (unpaired) electrons. The number of nitrogens with two attached hydrogens (primary N) is 1. The maximum atomic E-state index is 12.7. The van der Waals surface area contributed by atoms with Gasteiger partial charge in [-0.15, -0.1) is 0 Å². The summed E-state index contributed by atoms with van der Waals surface area (Å²) >= 11 is 0. The molecule has 1 fully saturated rings. The summed E-state index contributed by atoms with van der Waals surface area (Å²) < 4.78 is 38.2. The van der Waals surface area contributed by atoms with Crippen molar-refractivity contribution in [1.82, 2.24) is 9.88 Å². The number of anilines is 2. The molecule has 1 aromatic heterocycles. The molecule has 2 rings (SSSR count). The summed E-state index contributed by atoms with van der Waals surface area (Å²) in [5.41, 5.74) is 4.71. The van der Waals surface area contributed by atoms with Crippen LogP contribution in [0.4, 0.5) is 24.8 Å². The van der Waals surface area contributed by atoms with Crippen LogP contribution >= 0.6 is 0 Å². The van der Waals surface area contributed by atoms with Gasteiger partial charge in [0.1, 0.15) is 11.6 Å². The average molecular weight is 288 g/mol. The number of nitrogen functional groups attached to an aromatic ring is 1. The smallest absolute Gasteiger partial charge is 0.384 e. The molecule has 2 N–H and O–H groups in total. The summed E-state index contributed by atoms with van der Waals surface area (Å²) in [6.45, 7) is 3.58. The van der Waals surface area contributed by atoms with Crippen LogP contribution in [0.15, 0.2) is 12.1 Å². The van der Waals surface area contributed by atoms with Gasteiger partial charge >= 0.3 is 6.18 Å². The lowest BCUT2D eigenvalue weighted by atomic mass is 10.2. The normalized spacial score (nSPS) is 16.6. The predicted molar refractivity (Wildman–Crippen MR) is 72.6 cm³/mol. The van der Waals surface area contributed by atoms with E-state index in [1.54, 1.807) is 11.9 Å². The zero-order valence-corrected chi connectivity index (χ0v) is 11.5.